The van der Waals surface area contributed by atoms with Crippen LogP contribution < -0.4 is 10.6 Å². The van der Waals surface area contributed by atoms with Gasteiger partial charge in [-0.15, -0.1) is 11.3 Å². The van der Waals surface area contributed by atoms with Crippen molar-refractivity contribution in [3.05, 3.63) is 70.9 Å². The van der Waals surface area contributed by atoms with E-state index in [9.17, 15) is 9.59 Å². The fraction of sp³-hybridized carbons (Fsp3) is 0.259. The van der Waals surface area contributed by atoms with Gasteiger partial charge in [-0.3, -0.25) is 14.6 Å². The molecule has 0 spiro atoms. The Morgan fingerprint density at radius 2 is 1.88 bits per heavy atom. The first kappa shape index (κ1) is 23.6. The number of ketones is 1. The number of aryl methyl sites for hydroxylation is 1. The number of para-hydroxylation sites is 1. The molecule has 1 amide bonds. The Bertz CT molecular complexity index is 1330. The standard InChI is InChI=1S/C27H28N4O2S/c1-4-6-12-28-26(33)23-16-34-27(31-23)19-14-20-22(13-17(19)3)29-15-21(24(32)5-2)25(20)30-18-10-8-7-9-11-18/h7-11,13-16H,4-6,12H2,1-3H3,(H,28,33)(H,29,30). The number of benzene rings is 2. The molecule has 2 N–H and O–H groups in total. The minimum Gasteiger partial charge on any atom is -0.354 e. The summed E-state index contributed by atoms with van der Waals surface area (Å²) in [7, 11) is 0. The van der Waals surface area contributed by atoms with Gasteiger partial charge < -0.3 is 10.6 Å². The van der Waals surface area contributed by atoms with E-state index in [-0.39, 0.29) is 11.7 Å². The van der Waals surface area contributed by atoms with Crippen LogP contribution in [-0.2, 0) is 0 Å². The molecule has 4 aromatic rings. The molecule has 2 aromatic heterocycles. The molecule has 0 radical (unpaired) electrons. The van der Waals surface area contributed by atoms with E-state index in [0.29, 0.717) is 24.2 Å². The van der Waals surface area contributed by atoms with Crippen molar-refractivity contribution in [3.8, 4) is 10.6 Å². The molecule has 0 unspecified atom stereocenters. The number of carbonyl (C=O) groups is 2. The van der Waals surface area contributed by atoms with Crippen LogP contribution >= 0.6 is 11.3 Å². The zero-order chi connectivity index (χ0) is 24.1. The van der Waals surface area contributed by atoms with Crippen LogP contribution in [0.4, 0.5) is 11.4 Å². The molecular formula is C27H28N4O2S. The van der Waals surface area contributed by atoms with Crippen LogP contribution in [0.1, 0.15) is 59.5 Å². The van der Waals surface area contributed by atoms with Crippen LogP contribution in [0.15, 0.2) is 54.0 Å². The molecule has 0 aliphatic heterocycles. The number of hydrogen-bond donors (Lipinski definition) is 2. The molecule has 0 saturated carbocycles. The zero-order valence-corrected chi connectivity index (χ0v) is 20.5. The van der Waals surface area contributed by atoms with Gasteiger partial charge in [0, 0.05) is 41.2 Å². The summed E-state index contributed by atoms with van der Waals surface area (Å²) < 4.78 is 0. The van der Waals surface area contributed by atoms with E-state index < -0.39 is 0 Å². The first-order valence-electron chi connectivity index (χ1n) is 11.5. The number of aromatic nitrogens is 2. The molecule has 174 valence electrons. The number of amides is 1. The highest BCUT2D eigenvalue weighted by molar-refractivity contribution is 7.13. The zero-order valence-electron chi connectivity index (χ0n) is 19.6. The van der Waals surface area contributed by atoms with Crippen molar-refractivity contribution in [2.75, 3.05) is 11.9 Å². The van der Waals surface area contributed by atoms with Gasteiger partial charge in [-0.25, -0.2) is 4.98 Å². The summed E-state index contributed by atoms with van der Waals surface area (Å²) in [4.78, 5) is 34.4. The molecule has 0 bridgehead atoms. The Hall–Kier alpha value is -3.58. The van der Waals surface area contributed by atoms with Crippen molar-refractivity contribution in [2.24, 2.45) is 0 Å². The van der Waals surface area contributed by atoms with Gasteiger partial charge in [-0.2, -0.15) is 0 Å². The summed E-state index contributed by atoms with van der Waals surface area (Å²) in [5.41, 5.74) is 5.33. The van der Waals surface area contributed by atoms with Crippen molar-refractivity contribution in [2.45, 2.75) is 40.0 Å². The van der Waals surface area contributed by atoms with E-state index in [4.69, 9.17) is 0 Å². The van der Waals surface area contributed by atoms with Crippen LogP contribution in [0.2, 0.25) is 0 Å². The Morgan fingerprint density at radius 3 is 2.62 bits per heavy atom. The van der Waals surface area contributed by atoms with E-state index in [1.54, 1.807) is 11.6 Å². The maximum absolute atomic E-state index is 12.7. The molecule has 0 aliphatic rings. The lowest BCUT2D eigenvalue weighted by Crippen LogP contribution is -2.24. The summed E-state index contributed by atoms with van der Waals surface area (Å²) in [5, 5.41) is 9.75. The van der Waals surface area contributed by atoms with Gasteiger partial charge in [-0.05, 0) is 43.2 Å². The number of hydrogen-bond acceptors (Lipinski definition) is 6. The van der Waals surface area contributed by atoms with Gasteiger partial charge in [0.15, 0.2) is 5.78 Å². The Balaban J connectivity index is 1.79. The fourth-order valence-electron chi connectivity index (χ4n) is 3.75. The van der Waals surface area contributed by atoms with Crippen LogP contribution in [-0.4, -0.2) is 28.2 Å². The Kier molecular flexibility index (Phi) is 7.33. The predicted octanol–water partition coefficient (Wildman–Crippen LogP) is 6.53. The lowest BCUT2D eigenvalue weighted by molar-refractivity contribution is 0.0947. The summed E-state index contributed by atoms with van der Waals surface area (Å²) in [6, 6.07) is 13.8. The SMILES string of the molecule is CCCCNC(=O)c1csc(-c2cc3c(Nc4ccccc4)c(C(=O)CC)cnc3cc2C)n1. The highest BCUT2D eigenvalue weighted by Gasteiger charge is 2.18. The summed E-state index contributed by atoms with van der Waals surface area (Å²) in [6.45, 7) is 6.59. The third-order valence-electron chi connectivity index (χ3n) is 5.66. The molecule has 0 fully saturated rings. The average molecular weight is 473 g/mol. The lowest BCUT2D eigenvalue weighted by Gasteiger charge is -2.15. The highest BCUT2D eigenvalue weighted by Crippen LogP contribution is 2.36. The second-order valence-corrected chi connectivity index (χ2v) is 9.00. The highest BCUT2D eigenvalue weighted by atomic mass is 32.1. The third-order valence-corrected chi connectivity index (χ3v) is 6.54. The number of rotatable bonds is 9. The molecule has 0 atom stereocenters. The Labute approximate surface area is 203 Å². The number of thiazole rings is 1. The lowest BCUT2D eigenvalue weighted by atomic mass is 10.00. The summed E-state index contributed by atoms with van der Waals surface area (Å²) in [6.07, 6.45) is 4.00. The van der Waals surface area contributed by atoms with E-state index in [1.807, 2.05) is 56.3 Å². The first-order valence-corrected chi connectivity index (χ1v) is 12.4. The van der Waals surface area contributed by atoms with E-state index in [2.05, 4.69) is 27.5 Å². The van der Waals surface area contributed by atoms with Crippen molar-refractivity contribution in [3.63, 3.8) is 0 Å². The molecule has 4 rings (SSSR count). The van der Waals surface area contributed by atoms with Gasteiger partial charge in [0.25, 0.3) is 5.91 Å². The molecule has 7 heteroatoms. The number of nitrogens with one attached hydrogen (secondary N) is 2. The van der Waals surface area contributed by atoms with Crippen LogP contribution in [0, 0.1) is 6.92 Å². The van der Waals surface area contributed by atoms with Gasteiger partial charge in [0.05, 0.1) is 16.8 Å². The summed E-state index contributed by atoms with van der Waals surface area (Å²) >= 11 is 1.44. The molecule has 2 heterocycles. The van der Waals surface area contributed by atoms with Gasteiger partial charge in [0.1, 0.15) is 10.7 Å². The number of unbranched alkanes of at least 4 members (excludes halogenated alkanes) is 1. The second-order valence-electron chi connectivity index (χ2n) is 8.15. The van der Waals surface area contributed by atoms with Gasteiger partial charge >= 0.3 is 0 Å². The minimum absolute atomic E-state index is 0.0234. The van der Waals surface area contributed by atoms with Crippen LogP contribution in [0.3, 0.4) is 0 Å². The minimum atomic E-state index is -0.154. The number of Topliss-reactive ketones (excluding diaryl/α,β-unsaturated/α-hetero) is 1. The smallest absolute Gasteiger partial charge is 0.270 e. The average Bonchev–Trinajstić information content (AvgIpc) is 3.34. The number of anilines is 2. The van der Waals surface area contributed by atoms with E-state index in [0.717, 1.165) is 51.3 Å². The fourth-order valence-corrected chi connectivity index (χ4v) is 4.63. The predicted molar refractivity (Wildman–Crippen MR) is 139 cm³/mol. The van der Waals surface area contributed by atoms with Gasteiger partial charge in [-0.1, -0.05) is 38.5 Å². The van der Waals surface area contributed by atoms with Crippen molar-refractivity contribution in [1.82, 2.24) is 15.3 Å². The Morgan fingerprint density at radius 1 is 1.09 bits per heavy atom. The molecule has 34 heavy (non-hydrogen) atoms. The van der Waals surface area contributed by atoms with E-state index in [1.165, 1.54) is 11.3 Å². The largest absolute Gasteiger partial charge is 0.354 e. The van der Waals surface area contributed by atoms with Crippen molar-refractivity contribution in [1.29, 1.82) is 0 Å². The molecular weight excluding hydrogens is 444 g/mol. The molecule has 0 aliphatic carbocycles. The van der Waals surface area contributed by atoms with Crippen molar-refractivity contribution >= 4 is 45.3 Å². The number of pyridine rings is 1. The maximum atomic E-state index is 12.7. The van der Waals surface area contributed by atoms with Crippen molar-refractivity contribution < 1.29 is 9.59 Å². The quantitative estimate of drug-likeness (QED) is 0.214. The number of nitrogens with zero attached hydrogens (tertiary/aromatic N) is 2. The topological polar surface area (TPSA) is 84.0 Å². The normalized spacial score (nSPS) is 10.9. The first-order chi connectivity index (χ1) is 16.5. The monoisotopic (exact) mass is 472 g/mol. The second kappa shape index (κ2) is 10.6. The van der Waals surface area contributed by atoms with E-state index >= 15 is 0 Å². The number of fused-ring (bicyclic) bond motifs is 1. The van der Waals surface area contributed by atoms with Crippen LogP contribution in [0.25, 0.3) is 21.5 Å². The summed E-state index contributed by atoms with van der Waals surface area (Å²) in [5.74, 6) is -0.131. The number of carbonyl (C=O) groups excluding carboxylic acids is 2. The maximum Gasteiger partial charge on any atom is 0.270 e. The molecule has 2 aromatic carbocycles. The molecule has 6 nitrogen and oxygen atoms in total. The molecule has 0 saturated heterocycles. The van der Waals surface area contributed by atoms with Crippen LogP contribution in [0.5, 0.6) is 0 Å². The van der Waals surface area contributed by atoms with Gasteiger partial charge in [0.2, 0.25) is 0 Å². The third kappa shape index (κ3) is 4.99.